The second kappa shape index (κ2) is 27.1. The second-order valence-corrected chi connectivity index (χ2v) is 10.8. The highest BCUT2D eigenvalue weighted by atomic mass is 16.6. The Morgan fingerprint density at radius 2 is 1.09 bits per heavy atom. The number of esters is 5. The lowest BCUT2D eigenvalue weighted by Gasteiger charge is -2.29. The average molecular weight is 671 g/mol. The van der Waals surface area contributed by atoms with Gasteiger partial charge in [-0.2, -0.15) is 0 Å². The van der Waals surface area contributed by atoms with Crippen molar-refractivity contribution >= 4 is 35.8 Å². The quantitative estimate of drug-likeness (QED) is 0.0730. The molecule has 0 spiro atoms. The summed E-state index contributed by atoms with van der Waals surface area (Å²) in [7, 11) is 0. The number of aliphatic carboxylic acids is 1. The first-order valence-electron chi connectivity index (χ1n) is 15.4. The maximum atomic E-state index is 12.0. The van der Waals surface area contributed by atoms with Gasteiger partial charge >= 0.3 is 35.8 Å². The molecule has 1 N–H and O–H groups in total. The molecule has 1 rings (SSSR count). The van der Waals surface area contributed by atoms with Crippen molar-refractivity contribution in [1.82, 2.24) is 0 Å². The van der Waals surface area contributed by atoms with E-state index in [0.29, 0.717) is 74.7 Å². The van der Waals surface area contributed by atoms with Gasteiger partial charge in [-0.15, -0.1) is 0 Å². The zero-order valence-corrected chi connectivity index (χ0v) is 27.4. The van der Waals surface area contributed by atoms with E-state index in [-0.39, 0.29) is 77.3 Å². The van der Waals surface area contributed by atoms with Gasteiger partial charge in [0.05, 0.1) is 32.5 Å². The topological polar surface area (TPSA) is 178 Å². The second-order valence-electron chi connectivity index (χ2n) is 10.8. The van der Waals surface area contributed by atoms with Crippen LogP contribution in [0, 0.1) is 0 Å². The number of ether oxygens (including phenoxy) is 6. The van der Waals surface area contributed by atoms with Crippen LogP contribution < -0.4 is 0 Å². The molecule has 268 valence electrons. The SMILES string of the molecule is C.C=C(C)C(=O)OCCCCC(=O)O.C=C(C)C(=O)OCCCCC(=O)OCC1C[C@H](OC(=O)CCCCOC(=O)C(=C)C)CCO1. The van der Waals surface area contributed by atoms with E-state index in [0.717, 1.165) is 0 Å². The highest BCUT2D eigenvalue weighted by Gasteiger charge is 2.26. The number of carbonyl (C=O) groups is 6. The van der Waals surface area contributed by atoms with Crippen molar-refractivity contribution < 1.29 is 62.3 Å². The lowest BCUT2D eigenvalue weighted by Crippen LogP contribution is -2.35. The van der Waals surface area contributed by atoms with Crippen LogP contribution in [0.1, 0.15) is 98.8 Å². The monoisotopic (exact) mass is 670 g/mol. The largest absolute Gasteiger partial charge is 0.481 e. The summed E-state index contributed by atoms with van der Waals surface area (Å²) in [5.41, 5.74) is 1.04. The van der Waals surface area contributed by atoms with Crippen LogP contribution in [-0.2, 0) is 57.2 Å². The van der Waals surface area contributed by atoms with Crippen molar-refractivity contribution in [3.05, 3.63) is 36.5 Å². The molecular formula is C34H54O13. The zero-order valence-electron chi connectivity index (χ0n) is 27.4. The fraction of sp³-hybridized carbons (Fsp3) is 0.647. The predicted octanol–water partition coefficient (Wildman–Crippen LogP) is 5.20. The molecule has 0 aromatic heterocycles. The van der Waals surface area contributed by atoms with Crippen LogP contribution >= 0.6 is 0 Å². The molecule has 2 atom stereocenters. The fourth-order valence-electron chi connectivity index (χ4n) is 3.56. The third-order valence-electron chi connectivity index (χ3n) is 6.13. The van der Waals surface area contributed by atoms with Gasteiger partial charge in [0.25, 0.3) is 0 Å². The van der Waals surface area contributed by atoms with Gasteiger partial charge < -0.3 is 33.5 Å². The van der Waals surface area contributed by atoms with Crippen LogP contribution in [-0.4, -0.2) is 86.2 Å². The Bertz CT molecular complexity index is 1050. The summed E-state index contributed by atoms with van der Waals surface area (Å²) < 4.78 is 31.0. The summed E-state index contributed by atoms with van der Waals surface area (Å²) in [4.78, 5) is 67.3. The number of unbranched alkanes of at least 4 members (excludes halogenated alkanes) is 3. The highest BCUT2D eigenvalue weighted by molar-refractivity contribution is 5.87. The third kappa shape index (κ3) is 25.8. The molecule has 47 heavy (non-hydrogen) atoms. The number of carbonyl (C=O) groups excluding carboxylic acids is 5. The molecule has 1 unspecified atom stereocenters. The Morgan fingerprint density at radius 1 is 0.660 bits per heavy atom. The zero-order chi connectivity index (χ0) is 34.9. The van der Waals surface area contributed by atoms with Gasteiger partial charge in [0.2, 0.25) is 0 Å². The Hall–Kier alpha value is -4.00. The van der Waals surface area contributed by atoms with Crippen molar-refractivity contribution in [3.8, 4) is 0 Å². The van der Waals surface area contributed by atoms with Crippen molar-refractivity contribution in [3.63, 3.8) is 0 Å². The highest BCUT2D eigenvalue weighted by Crippen LogP contribution is 2.19. The molecule has 1 saturated heterocycles. The Kier molecular flexibility index (Phi) is 26.1. The fourth-order valence-corrected chi connectivity index (χ4v) is 3.56. The summed E-state index contributed by atoms with van der Waals surface area (Å²) in [5.74, 6) is -2.78. The summed E-state index contributed by atoms with van der Waals surface area (Å²) in [6.07, 6.45) is 4.35. The first-order chi connectivity index (χ1) is 21.7. The van der Waals surface area contributed by atoms with Crippen molar-refractivity contribution in [2.45, 2.75) is 111 Å². The van der Waals surface area contributed by atoms with Crippen LogP contribution in [0.5, 0.6) is 0 Å². The maximum Gasteiger partial charge on any atom is 0.333 e. The number of hydrogen-bond acceptors (Lipinski definition) is 12. The normalized spacial score (nSPS) is 14.9. The van der Waals surface area contributed by atoms with E-state index >= 15 is 0 Å². The standard InChI is InChI=1S/C24H36O9.C9H14O4.CH4/c1-17(2)23(27)30-12-7-5-9-21(25)32-16-20-15-19(11-14-29-20)33-22(26)10-6-8-13-31-24(28)18(3)4;1-7(2)9(12)13-6-4-3-5-8(10)11;/h19-20H,1,3,5-16H2,2,4H3;1,3-6H2,2H3,(H,10,11);1H4/t19-,20?;;/m1../s1. The van der Waals surface area contributed by atoms with E-state index < -0.39 is 23.9 Å². The summed E-state index contributed by atoms with van der Waals surface area (Å²) >= 11 is 0. The molecule has 0 radical (unpaired) electrons. The number of carboxylic acids is 1. The van der Waals surface area contributed by atoms with Crippen LogP contribution in [0.25, 0.3) is 0 Å². The van der Waals surface area contributed by atoms with Crippen molar-refractivity contribution in [2.24, 2.45) is 0 Å². The average Bonchev–Trinajstić information content (AvgIpc) is 2.99. The lowest BCUT2D eigenvalue weighted by atomic mass is 10.1. The van der Waals surface area contributed by atoms with Crippen LogP contribution in [0.2, 0.25) is 0 Å². The van der Waals surface area contributed by atoms with Gasteiger partial charge in [-0.3, -0.25) is 14.4 Å². The minimum Gasteiger partial charge on any atom is -0.481 e. The molecule has 0 saturated carbocycles. The van der Waals surface area contributed by atoms with Gasteiger partial charge in [0.15, 0.2) is 0 Å². The minimum absolute atomic E-state index is 0. The van der Waals surface area contributed by atoms with E-state index in [1.165, 1.54) is 0 Å². The first-order valence-corrected chi connectivity index (χ1v) is 15.4. The maximum absolute atomic E-state index is 12.0. The molecule has 0 bridgehead atoms. The van der Waals surface area contributed by atoms with Gasteiger partial charge in [-0.05, 0) is 59.3 Å². The van der Waals surface area contributed by atoms with Gasteiger partial charge in [-0.1, -0.05) is 27.2 Å². The first kappa shape index (κ1) is 45.1. The van der Waals surface area contributed by atoms with Crippen LogP contribution in [0.4, 0.5) is 0 Å². The molecular weight excluding hydrogens is 616 g/mol. The summed E-state index contributed by atoms with van der Waals surface area (Å²) in [5, 5.41) is 8.29. The molecule has 0 aliphatic carbocycles. The van der Waals surface area contributed by atoms with Gasteiger partial charge in [0.1, 0.15) is 12.7 Å². The molecule has 1 aliphatic heterocycles. The van der Waals surface area contributed by atoms with Gasteiger partial charge in [-0.25, -0.2) is 14.4 Å². The molecule has 1 aliphatic rings. The van der Waals surface area contributed by atoms with E-state index in [4.69, 9.17) is 33.5 Å². The molecule has 0 aromatic rings. The van der Waals surface area contributed by atoms with Crippen molar-refractivity contribution in [1.29, 1.82) is 0 Å². The predicted molar refractivity (Wildman–Crippen MR) is 173 cm³/mol. The summed E-state index contributed by atoms with van der Waals surface area (Å²) in [6, 6.07) is 0. The van der Waals surface area contributed by atoms with E-state index in [1.807, 2.05) is 0 Å². The van der Waals surface area contributed by atoms with Crippen LogP contribution in [0.15, 0.2) is 36.5 Å². The molecule has 1 fully saturated rings. The minimum atomic E-state index is -0.828. The van der Waals surface area contributed by atoms with E-state index in [1.54, 1.807) is 20.8 Å². The smallest absolute Gasteiger partial charge is 0.333 e. The Balaban J connectivity index is 0. The van der Waals surface area contributed by atoms with E-state index in [9.17, 15) is 28.8 Å². The number of rotatable bonds is 21. The Morgan fingerprint density at radius 3 is 1.51 bits per heavy atom. The molecule has 13 nitrogen and oxygen atoms in total. The third-order valence-corrected chi connectivity index (χ3v) is 6.13. The molecule has 13 heteroatoms. The molecule has 1 heterocycles. The van der Waals surface area contributed by atoms with Crippen molar-refractivity contribution in [2.75, 3.05) is 33.0 Å². The number of carboxylic acid groups (broad SMARTS) is 1. The van der Waals surface area contributed by atoms with Crippen LogP contribution in [0.3, 0.4) is 0 Å². The summed E-state index contributed by atoms with van der Waals surface area (Å²) in [6.45, 7) is 16.4. The van der Waals surface area contributed by atoms with E-state index in [2.05, 4.69) is 19.7 Å². The Labute approximate surface area is 278 Å². The lowest BCUT2D eigenvalue weighted by molar-refractivity contribution is -0.163. The van der Waals surface area contributed by atoms with Gasteiger partial charge in [0, 0.05) is 48.8 Å². The number of hydrogen-bond donors (Lipinski definition) is 1. The molecule has 0 amide bonds. The molecule has 0 aromatic carbocycles.